The van der Waals surface area contributed by atoms with E-state index in [9.17, 15) is 0 Å². The molecule has 0 amide bonds. The molecule has 15 heavy (non-hydrogen) atoms. The summed E-state index contributed by atoms with van der Waals surface area (Å²) in [6.07, 6.45) is 1.03. The van der Waals surface area contributed by atoms with Gasteiger partial charge < -0.3 is 23.9 Å². The second-order valence-electron chi connectivity index (χ2n) is 3.22. The van der Waals surface area contributed by atoms with E-state index < -0.39 is 8.80 Å². The van der Waals surface area contributed by atoms with E-state index in [4.69, 9.17) is 13.3 Å². The van der Waals surface area contributed by atoms with Gasteiger partial charge in [-0.1, -0.05) is 13.3 Å². The number of rotatable bonds is 5. The number of nitrogens with one attached hydrogen (secondary N) is 2. The fourth-order valence-corrected chi connectivity index (χ4v) is 3.03. The van der Waals surface area contributed by atoms with Crippen molar-refractivity contribution < 1.29 is 13.3 Å². The van der Waals surface area contributed by atoms with E-state index in [1.165, 1.54) is 0 Å². The van der Waals surface area contributed by atoms with Gasteiger partial charge in [0.1, 0.15) is 0 Å². The van der Waals surface area contributed by atoms with Crippen LogP contribution in [0, 0.1) is 0 Å². The van der Waals surface area contributed by atoms with Gasteiger partial charge >= 0.3 is 8.80 Å². The zero-order valence-corrected chi connectivity index (χ0v) is 11.3. The molecule has 0 aliphatic carbocycles. The van der Waals surface area contributed by atoms with Crippen LogP contribution in [-0.4, -0.2) is 49.9 Å². The average molecular weight is 236 g/mol. The number of hydrogen-bond donors (Lipinski definition) is 2. The van der Waals surface area contributed by atoms with Crippen molar-refractivity contribution in [3.8, 4) is 0 Å². The summed E-state index contributed by atoms with van der Waals surface area (Å²) in [7, 11) is 2.68. The predicted octanol–water partition coefficient (Wildman–Crippen LogP) is 0.411. The van der Waals surface area contributed by atoms with Gasteiger partial charge in [-0.25, -0.2) is 0 Å². The SMILES string of the molecule is C1CNCN1.CCC[Si](OC)(OC)OC. The van der Waals surface area contributed by atoms with Crippen LogP contribution in [0.1, 0.15) is 13.3 Å². The molecule has 0 unspecified atom stereocenters. The van der Waals surface area contributed by atoms with Gasteiger partial charge in [-0.05, 0) is 0 Å². The van der Waals surface area contributed by atoms with Gasteiger partial charge in [0.05, 0.1) is 0 Å². The zero-order valence-electron chi connectivity index (χ0n) is 10.3. The third-order valence-electron chi connectivity index (χ3n) is 2.22. The quantitative estimate of drug-likeness (QED) is 0.677. The Bertz CT molecular complexity index is 125. The summed E-state index contributed by atoms with van der Waals surface area (Å²) in [6, 6.07) is 0.885. The molecule has 0 radical (unpaired) electrons. The summed E-state index contributed by atoms with van der Waals surface area (Å²) in [5.41, 5.74) is 0. The van der Waals surface area contributed by atoms with Gasteiger partial charge in [0.2, 0.25) is 0 Å². The van der Waals surface area contributed by atoms with Crippen molar-refractivity contribution in [3.05, 3.63) is 0 Å². The third-order valence-corrected chi connectivity index (χ3v) is 5.20. The van der Waals surface area contributed by atoms with Crippen LogP contribution in [-0.2, 0) is 13.3 Å². The van der Waals surface area contributed by atoms with Crippen molar-refractivity contribution in [2.45, 2.75) is 19.4 Å². The Morgan fingerprint density at radius 2 is 1.47 bits per heavy atom. The molecule has 1 aliphatic rings. The molecule has 0 saturated carbocycles. The summed E-state index contributed by atoms with van der Waals surface area (Å²) in [6.45, 7) is 5.36. The topological polar surface area (TPSA) is 51.8 Å². The maximum Gasteiger partial charge on any atom is 0.500 e. The van der Waals surface area contributed by atoms with Crippen LogP contribution in [0.2, 0.25) is 6.04 Å². The lowest BCUT2D eigenvalue weighted by Crippen LogP contribution is -2.42. The average Bonchev–Trinajstić information content (AvgIpc) is 2.85. The third kappa shape index (κ3) is 6.24. The molecule has 0 bridgehead atoms. The lowest BCUT2D eigenvalue weighted by molar-refractivity contribution is 0.123. The Morgan fingerprint density at radius 1 is 1.00 bits per heavy atom. The maximum absolute atomic E-state index is 5.17. The van der Waals surface area contributed by atoms with Crippen molar-refractivity contribution in [3.63, 3.8) is 0 Å². The highest BCUT2D eigenvalue weighted by Crippen LogP contribution is 2.13. The maximum atomic E-state index is 5.17. The molecule has 1 saturated heterocycles. The van der Waals surface area contributed by atoms with Crippen LogP contribution in [0.25, 0.3) is 0 Å². The minimum absolute atomic E-state index is 0.885. The monoisotopic (exact) mass is 236 g/mol. The van der Waals surface area contributed by atoms with E-state index in [-0.39, 0.29) is 0 Å². The van der Waals surface area contributed by atoms with Crippen LogP contribution in [0.3, 0.4) is 0 Å². The van der Waals surface area contributed by atoms with Crippen molar-refractivity contribution >= 4 is 8.80 Å². The first-order valence-electron chi connectivity index (χ1n) is 5.31. The fourth-order valence-electron chi connectivity index (χ4n) is 1.30. The van der Waals surface area contributed by atoms with E-state index in [1.807, 2.05) is 0 Å². The highest BCUT2D eigenvalue weighted by atomic mass is 28.4. The van der Waals surface area contributed by atoms with Crippen LogP contribution in [0.4, 0.5) is 0 Å². The van der Waals surface area contributed by atoms with Gasteiger partial charge in [0.15, 0.2) is 0 Å². The molecule has 5 nitrogen and oxygen atoms in total. The molecule has 0 aromatic carbocycles. The van der Waals surface area contributed by atoms with Crippen LogP contribution in [0.5, 0.6) is 0 Å². The highest BCUT2D eigenvalue weighted by molar-refractivity contribution is 6.60. The Kier molecular flexibility index (Phi) is 9.27. The second kappa shape index (κ2) is 9.26. The van der Waals surface area contributed by atoms with E-state index in [0.29, 0.717) is 0 Å². The molecule has 6 heteroatoms. The molecule has 0 aromatic heterocycles. The summed E-state index contributed by atoms with van der Waals surface area (Å²) in [5, 5.41) is 6.22. The standard InChI is InChI=1S/C6H16O3Si.C3H8N2/c1-5-6-10(7-2,8-3)9-4;1-2-5-3-4-1/h5-6H2,1-4H3;4-5H,1-3H2. The largest absolute Gasteiger partial charge is 0.500 e. The van der Waals surface area contributed by atoms with E-state index >= 15 is 0 Å². The van der Waals surface area contributed by atoms with Crippen LogP contribution < -0.4 is 10.6 Å². The Balaban J connectivity index is 0.000000322. The summed E-state index contributed by atoms with van der Waals surface area (Å²) >= 11 is 0. The summed E-state index contributed by atoms with van der Waals surface area (Å²) < 4.78 is 15.5. The Labute approximate surface area is 93.9 Å². The zero-order chi connectivity index (χ0) is 11.6. The van der Waals surface area contributed by atoms with Gasteiger partial charge in [0.25, 0.3) is 0 Å². The summed E-state index contributed by atoms with van der Waals surface area (Å²) in [4.78, 5) is 0. The molecule has 1 aliphatic heterocycles. The van der Waals surface area contributed by atoms with Crippen molar-refractivity contribution in [1.29, 1.82) is 0 Å². The first-order valence-corrected chi connectivity index (χ1v) is 7.24. The minimum atomic E-state index is -2.22. The van der Waals surface area contributed by atoms with E-state index in [1.54, 1.807) is 21.3 Å². The lowest BCUT2D eigenvalue weighted by atomic mass is 10.6. The molecular formula is C9H24N2O3Si. The fraction of sp³-hybridized carbons (Fsp3) is 1.00. The first-order chi connectivity index (χ1) is 7.24. The lowest BCUT2D eigenvalue weighted by Gasteiger charge is -2.23. The van der Waals surface area contributed by atoms with Gasteiger partial charge in [-0.2, -0.15) is 0 Å². The molecule has 0 atom stereocenters. The second-order valence-corrected chi connectivity index (χ2v) is 6.31. The first kappa shape index (κ1) is 15.0. The smallest absolute Gasteiger partial charge is 0.377 e. The Morgan fingerprint density at radius 3 is 1.60 bits per heavy atom. The molecule has 1 heterocycles. The predicted molar refractivity (Wildman–Crippen MR) is 62.8 cm³/mol. The normalized spacial score (nSPS) is 16.0. The molecule has 0 aromatic rings. The summed E-state index contributed by atoms with van der Waals surface area (Å²) in [5.74, 6) is 0. The van der Waals surface area contributed by atoms with Crippen molar-refractivity contribution in [1.82, 2.24) is 10.6 Å². The van der Waals surface area contributed by atoms with Crippen LogP contribution >= 0.6 is 0 Å². The minimum Gasteiger partial charge on any atom is -0.377 e. The molecule has 1 fully saturated rings. The van der Waals surface area contributed by atoms with E-state index in [0.717, 1.165) is 32.2 Å². The highest BCUT2D eigenvalue weighted by Gasteiger charge is 2.36. The van der Waals surface area contributed by atoms with E-state index in [2.05, 4.69) is 17.6 Å². The van der Waals surface area contributed by atoms with Crippen molar-refractivity contribution in [2.24, 2.45) is 0 Å². The molecule has 0 spiro atoms. The van der Waals surface area contributed by atoms with Gasteiger partial charge in [-0.15, -0.1) is 0 Å². The van der Waals surface area contributed by atoms with Gasteiger partial charge in [-0.3, -0.25) is 0 Å². The van der Waals surface area contributed by atoms with Gasteiger partial charge in [0, 0.05) is 47.1 Å². The number of hydrogen-bond acceptors (Lipinski definition) is 5. The molecule has 1 rings (SSSR count). The molecule has 92 valence electrons. The van der Waals surface area contributed by atoms with Crippen LogP contribution in [0.15, 0.2) is 0 Å². The molecular weight excluding hydrogens is 212 g/mol. The van der Waals surface area contributed by atoms with Crippen molar-refractivity contribution in [2.75, 3.05) is 41.1 Å². The molecule has 2 N–H and O–H groups in total. The Hall–Kier alpha value is 0.0169.